The van der Waals surface area contributed by atoms with Crippen molar-refractivity contribution in [3.05, 3.63) is 12.1 Å². The molecule has 0 aliphatic carbocycles. The summed E-state index contributed by atoms with van der Waals surface area (Å²) < 4.78 is 0. The molecule has 66 valence electrons. The van der Waals surface area contributed by atoms with Gasteiger partial charge in [-0.2, -0.15) is 11.8 Å². The summed E-state index contributed by atoms with van der Waals surface area (Å²) in [5.74, 6) is 2.29. The Balaban J connectivity index is 2.37. The van der Waals surface area contributed by atoms with Crippen LogP contribution in [0.2, 0.25) is 0 Å². The van der Waals surface area contributed by atoms with Crippen molar-refractivity contribution < 1.29 is 0 Å². The van der Waals surface area contributed by atoms with Gasteiger partial charge in [0.05, 0.1) is 0 Å². The zero-order chi connectivity index (χ0) is 8.81. The van der Waals surface area contributed by atoms with Crippen LogP contribution in [0.25, 0.3) is 0 Å². The summed E-state index contributed by atoms with van der Waals surface area (Å²) in [6, 6.07) is 3.55. The van der Waals surface area contributed by atoms with Gasteiger partial charge >= 0.3 is 0 Å². The van der Waals surface area contributed by atoms with E-state index in [2.05, 4.69) is 21.8 Å². The lowest BCUT2D eigenvalue weighted by Crippen LogP contribution is -2.06. The molecule has 0 saturated carbocycles. The average Bonchev–Trinajstić information content (AvgIpc) is 2.09. The molecule has 1 aromatic rings. The minimum atomic E-state index is 0.449. The molecule has 0 radical (unpaired) electrons. The smallest absolute Gasteiger partial charge is 0.148 e. The zero-order valence-electron chi connectivity index (χ0n) is 6.95. The molecule has 0 aromatic carbocycles. The summed E-state index contributed by atoms with van der Waals surface area (Å²) >= 11 is 1.79. The predicted molar refractivity (Wildman–Crippen MR) is 53.3 cm³/mol. The summed E-state index contributed by atoms with van der Waals surface area (Å²) in [4.78, 5) is 0. The molecule has 5 heteroatoms. The third kappa shape index (κ3) is 2.96. The fourth-order valence-electron chi connectivity index (χ4n) is 0.718. The van der Waals surface area contributed by atoms with Crippen LogP contribution >= 0.6 is 11.8 Å². The lowest BCUT2D eigenvalue weighted by atomic mass is 10.5. The van der Waals surface area contributed by atoms with Gasteiger partial charge in [0.2, 0.25) is 0 Å². The number of hydrogen-bond acceptors (Lipinski definition) is 5. The van der Waals surface area contributed by atoms with Gasteiger partial charge in [-0.1, -0.05) is 0 Å². The number of anilines is 2. The number of nitrogens with one attached hydrogen (secondary N) is 1. The molecule has 12 heavy (non-hydrogen) atoms. The Hall–Kier alpha value is -0.970. The SMILES string of the molecule is CSCCNc1ccc(N)nn1. The second-order valence-electron chi connectivity index (χ2n) is 2.26. The summed E-state index contributed by atoms with van der Waals surface area (Å²) in [7, 11) is 0. The van der Waals surface area contributed by atoms with Crippen LogP contribution in [0.3, 0.4) is 0 Å². The standard InChI is InChI=1S/C7H12N4S/c1-12-5-4-9-7-3-2-6(8)10-11-7/h2-3H,4-5H2,1H3,(H2,8,10)(H,9,11). The van der Waals surface area contributed by atoms with Crippen LogP contribution in [0.5, 0.6) is 0 Å². The zero-order valence-corrected chi connectivity index (χ0v) is 7.77. The van der Waals surface area contributed by atoms with Gasteiger partial charge in [0, 0.05) is 12.3 Å². The van der Waals surface area contributed by atoms with Gasteiger partial charge in [-0.05, 0) is 18.4 Å². The first-order chi connectivity index (χ1) is 5.83. The van der Waals surface area contributed by atoms with E-state index in [0.29, 0.717) is 5.82 Å². The first-order valence-corrected chi connectivity index (χ1v) is 5.04. The Morgan fingerprint density at radius 1 is 1.50 bits per heavy atom. The van der Waals surface area contributed by atoms with Crippen molar-refractivity contribution in [3.63, 3.8) is 0 Å². The van der Waals surface area contributed by atoms with E-state index in [9.17, 15) is 0 Å². The third-order valence-electron chi connectivity index (χ3n) is 1.30. The van der Waals surface area contributed by atoms with Gasteiger partial charge in [-0.25, -0.2) is 0 Å². The highest BCUT2D eigenvalue weighted by molar-refractivity contribution is 7.98. The number of nitrogens with two attached hydrogens (primary N) is 1. The number of nitrogen functional groups attached to an aromatic ring is 1. The minimum absolute atomic E-state index is 0.449. The van der Waals surface area contributed by atoms with E-state index >= 15 is 0 Å². The molecule has 0 saturated heterocycles. The highest BCUT2D eigenvalue weighted by Gasteiger charge is 1.92. The maximum absolute atomic E-state index is 5.38. The molecule has 0 aliphatic rings. The molecule has 0 bridgehead atoms. The van der Waals surface area contributed by atoms with Crippen molar-refractivity contribution in [1.29, 1.82) is 0 Å². The first-order valence-electron chi connectivity index (χ1n) is 3.65. The molecule has 0 amide bonds. The molecule has 4 nitrogen and oxygen atoms in total. The molecule has 3 N–H and O–H groups in total. The summed E-state index contributed by atoms with van der Waals surface area (Å²) in [6.07, 6.45) is 2.07. The van der Waals surface area contributed by atoms with Gasteiger partial charge in [-0.3, -0.25) is 0 Å². The average molecular weight is 184 g/mol. The Morgan fingerprint density at radius 3 is 2.92 bits per heavy atom. The monoisotopic (exact) mass is 184 g/mol. The quantitative estimate of drug-likeness (QED) is 0.679. The van der Waals surface area contributed by atoms with Crippen molar-refractivity contribution in [2.75, 3.05) is 29.6 Å². The Morgan fingerprint density at radius 2 is 2.33 bits per heavy atom. The molecule has 1 rings (SSSR count). The van der Waals surface area contributed by atoms with Crippen molar-refractivity contribution in [3.8, 4) is 0 Å². The third-order valence-corrected chi connectivity index (χ3v) is 1.91. The predicted octanol–water partition coefficient (Wildman–Crippen LogP) is 0.834. The van der Waals surface area contributed by atoms with Crippen molar-refractivity contribution in [1.82, 2.24) is 10.2 Å². The lowest BCUT2D eigenvalue weighted by Gasteiger charge is -2.02. The minimum Gasteiger partial charge on any atom is -0.382 e. The Labute approximate surface area is 75.9 Å². The van der Waals surface area contributed by atoms with Gasteiger partial charge < -0.3 is 11.1 Å². The molecule has 0 aliphatic heterocycles. The highest BCUT2D eigenvalue weighted by atomic mass is 32.2. The molecule has 0 unspecified atom stereocenters. The molecule has 1 aromatic heterocycles. The first kappa shape index (κ1) is 9.12. The van der Waals surface area contributed by atoms with Crippen LogP contribution in [0, 0.1) is 0 Å². The van der Waals surface area contributed by atoms with Crippen molar-refractivity contribution in [2.45, 2.75) is 0 Å². The van der Waals surface area contributed by atoms with Crippen molar-refractivity contribution >= 4 is 23.4 Å². The van der Waals surface area contributed by atoms with E-state index in [4.69, 9.17) is 5.73 Å². The van der Waals surface area contributed by atoms with Crippen LogP contribution in [-0.2, 0) is 0 Å². The number of aromatic nitrogens is 2. The molecule has 0 atom stereocenters. The molecular weight excluding hydrogens is 172 g/mol. The number of rotatable bonds is 4. The van der Waals surface area contributed by atoms with Crippen LogP contribution in [0.15, 0.2) is 12.1 Å². The van der Waals surface area contributed by atoms with Gasteiger partial charge in [0.1, 0.15) is 11.6 Å². The van der Waals surface area contributed by atoms with E-state index in [0.717, 1.165) is 18.1 Å². The van der Waals surface area contributed by atoms with E-state index in [1.807, 2.05) is 6.07 Å². The fraction of sp³-hybridized carbons (Fsp3) is 0.429. The highest BCUT2D eigenvalue weighted by Crippen LogP contribution is 2.02. The maximum atomic E-state index is 5.38. The van der Waals surface area contributed by atoms with E-state index in [-0.39, 0.29) is 0 Å². The molecule has 1 heterocycles. The van der Waals surface area contributed by atoms with Crippen LogP contribution in [0.1, 0.15) is 0 Å². The van der Waals surface area contributed by atoms with E-state index in [1.54, 1.807) is 17.8 Å². The summed E-state index contributed by atoms with van der Waals surface area (Å²) in [5.41, 5.74) is 5.38. The normalized spacial score (nSPS) is 9.75. The van der Waals surface area contributed by atoms with Crippen LogP contribution in [0.4, 0.5) is 11.6 Å². The topological polar surface area (TPSA) is 63.8 Å². The summed E-state index contributed by atoms with van der Waals surface area (Å²) in [6.45, 7) is 0.903. The van der Waals surface area contributed by atoms with Gasteiger partial charge in [-0.15, -0.1) is 10.2 Å². The largest absolute Gasteiger partial charge is 0.382 e. The van der Waals surface area contributed by atoms with Crippen LogP contribution < -0.4 is 11.1 Å². The molecule has 0 fully saturated rings. The molecular formula is C7H12N4S. The number of nitrogens with zero attached hydrogens (tertiary/aromatic N) is 2. The molecule has 0 spiro atoms. The number of thioether (sulfide) groups is 1. The number of hydrogen-bond donors (Lipinski definition) is 2. The van der Waals surface area contributed by atoms with Gasteiger partial charge in [0.25, 0.3) is 0 Å². The van der Waals surface area contributed by atoms with E-state index in [1.165, 1.54) is 0 Å². The van der Waals surface area contributed by atoms with Crippen LogP contribution in [-0.4, -0.2) is 28.8 Å². The van der Waals surface area contributed by atoms with Gasteiger partial charge in [0.15, 0.2) is 0 Å². The Bertz CT molecular complexity index is 223. The Kier molecular flexibility index (Phi) is 3.66. The summed E-state index contributed by atoms with van der Waals surface area (Å²) in [5, 5.41) is 10.7. The second kappa shape index (κ2) is 4.82. The second-order valence-corrected chi connectivity index (χ2v) is 3.25. The fourth-order valence-corrected chi connectivity index (χ4v) is 1.02. The lowest BCUT2D eigenvalue weighted by molar-refractivity contribution is 1.02. The maximum Gasteiger partial charge on any atom is 0.148 e. The van der Waals surface area contributed by atoms with E-state index < -0.39 is 0 Å². The van der Waals surface area contributed by atoms with Crippen molar-refractivity contribution in [2.24, 2.45) is 0 Å².